The molecule has 1 aromatic carbocycles. The third kappa shape index (κ3) is 1.83. The summed E-state index contributed by atoms with van der Waals surface area (Å²) < 4.78 is 15.4. The predicted octanol–water partition coefficient (Wildman–Crippen LogP) is 3.44. The third-order valence-corrected chi connectivity index (χ3v) is 2.79. The Hall–Kier alpha value is -1.35. The van der Waals surface area contributed by atoms with E-state index >= 15 is 0 Å². The van der Waals surface area contributed by atoms with E-state index in [9.17, 15) is 4.39 Å². The summed E-state index contributed by atoms with van der Waals surface area (Å²) in [5.41, 5.74) is 2.07. The Morgan fingerprint density at radius 3 is 2.81 bits per heavy atom. The molecule has 0 spiro atoms. The maximum atomic E-state index is 13.7. The molecule has 4 heteroatoms. The van der Waals surface area contributed by atoms with Crippen LogP contribution in [0.3, 0.4) is 0 Å². The van der Waals surface area contributed by atoms with Crippen LogP contribution in [0.25, 0.3) is 11.1 Å². The van der Waals surface area contributed by atoms with Gasteiger partial charge < -0.3 is 0 Å². The number of aryl methyl sites for hydroxylation is 2. The minimum atomic E-state index is -0.310. The summed E-state index contributed by atoms with van der Waals surface area (Å²) in [4.78, 5) is 0. The Bertz CT molecular complexity index is 499. The summed E-state index contributed by atoms with van der Waals surface area (Å²) in [5.74, 6) is -0.310. The number of halogens is 2. The lowest BCUT2D eigenvalue weighted by Crippen LogP contribution is -1.90. The molecule has 0 bridgehead atoms. The van der Waals surface area contributed by atoms with Crippen molar-refractivity contribution in [3.05, 3.63) is 40.9 Å². The first-order chi connectivity index (χ1) is 7.63. The predicted molar refractivity (Wildman–Crippen MR) is 63.0 cm³/mol. The maximum Gasteiger partial charge on any atom is 0.132 e. The van der Waals surface area contributed by atoms with Gasteiger partial charge in [-0.2, -0.15) is 5.10 Å². The molecule has 0 aliphatic heterocycles. The first kappa shape index (κ1) is 11.1. The number of aromatic nitrogens is 2. The lowest BCUT2D eigenvalue weighted by atomic mass is 10.0. The van der Waals surface area contributed by atoms with Gasteiger partial charge in [-0.3, -0.25) is 4.68 Å². The second-order valence-corrected chi connectivity index (χ2v) is 4.02. The monoisotopic (exact) mass is 238 g/mol. The van der Waals surface area contributed by atoms with Gasteiger partial charge in [0.25, 0.3) is 0 Å². The van der Waals surface area contributed by atoms with Gasteiger partial charge in [0.15, 0.2) is 0 Å². The van der Waals surface area contributed by atoms with E-state index in [-0.39, 0.29) is 5.82 Å². The Kier molecular flexibility index (Phi) is 2.97. The van der Waals surface area contributed by atoms with E-state index in [1.54, 1.807) is 23.0 Å². The Labute approximate surface area is 98.7 Å². The van der Waals surface area contributed by atoms with Crippen molar-refractivity contribution in [3.63, 3.8) is 0 Å². The van der Waals surface area contributed by atoms with E-state index in [1.165, 1.54) is 6.07 Å². The molecule has 0 unspecified atom stereocenters. The minimum absolute atomic E-state index is 0.310. The zero-order valence-electron chi connectivity index (χ0n) is 9.17. The molecule has 0 amide bonds. The molecule has 2 nitrogen and oxygen atoms in total. The zero-order valence-corrected chi connectivity index (χ0v) is 9.92. The number of nitrogens with zero attached hydrogens (tertiary/aromatic N) is 2. The molecule has 2 rings (SSSR count). The molecule has 0 saturated heterocycles. The van der Waals surface area contributed by atoms with Gasteiger partial charge in [-0.25, -0.2) is 4.39 Å². The Balaban J connectivity index is 2.66. The van der Waals surface area contributed by atoms with Gasteiger partial charge in [-0.05, 0) is 18.6 Å². The molecule has 0 aliphatic rings. The van der Waals surface area contributed by atoms with Gasteiger partial charge in [0.05, 0.1) is 10.7 Å². The van der Waals surface area contributed by atoms with Crippen LogP contribution >= 0.6 is 11.6 Å². The summed E-state index contributed by atoms with van der Waals surface area (Å²) in [6, 6.07) is 4.70. The van der Waals surface area contributed by atoms with E-state index < -0.39 is 0 Å². The molecule has 0 radical (unpaired) electrons. The van der Waals surface area contributed by atoms with Crippen LogP contribution in [0.2, 0.25) is 5.02 Å². The highest BCUT2D eigenvalue weighted by Gasteiger charge is 2.15. The van der Waals surface area contributed by atoms with Crippen molar-refractivity contribution in [2.24, 2.45) is 7.05 Å². The molecule has 0 N–H and O–H groups in total. The van der Waals surface area contributed by atoms with Crippen LogP contribution in [0, 0.1) is 5.82 Å². The molecule has 2 aromatic rings. The quantitative estimate of drug-likeness (QED) is 0.784. The number of hydrogen-bond acceptors (Lipinski definition) is 1. The van der Waals surface area contributed by atoms with Gasteiger partial charge in [-0.15, -0.1) is 0 Å². The highest BCUT2D eigenvalue weighted by atomic mass is 35.5. The lowest BCUT2D eigenvalue weighted by Gasteiger charge is -2.04. The van der Waals surface area contributed by atoms with Gasteiger partial charge >= 0.3 is 0 Å². The van der Waals surface area contributed by atoms with E-state index in [0.29, 0.717) is 10.6 Å². The fraction of sp³-hybridized carbons (Fsp3) is 0.250. The van der Waals surface area contributed by atoms with Crippen LogP contribution in [-0.4, -0.2) is 9.78 Å². The summed E-state index contributed by atoms with van der Waals surface area (Å²) in [6.07, 6.45) is 2.55. The summed E-state index contributed by atoms with van der Waals surface area (Å²) in [5, 5.41) is 4.70. The van der Waals surface area contributed by atoms with Gasteiger partial charge in [-0.1, -0.05) is 24.6 Å². The lowest BCUT2D eigenvalue weighted by molar-refractivity contribution is 0.631. The van der Waals surface area contributed by atoms with E-state index in [2.05, 4.69) is 5.10 Å². The van der Waals surface area contributed by atoms with Crippen molar-refractivity contribution < 1.29 is 4.39 Å². The van der Waals surface area contributed by atoms with Crippen molar-refractivity contribution in [2.75, 3.05) is 0 Å². The molecule has 1 aromatic heterocycles. The average Bonchev–Trinajstić information content (AvgIpc) is 2.59. The molecular formula is C12H12ClFN2. The molecule has 1 heterocycles. The largest absolute Gasteiger partial charge is 0.275 e. The molecule has 0 fully saturated rings. The highest BCUT2D eigenvalue weighted by molar-refractivity contribution is 6.33. The second kappa shape index (κ2) is 4.26. The molecule has 16 heavy (non-hydrogen) atoms. The van der Waals surface area contributed by atoms with Crippen LogP contribution in [0.15, 0.2) is 24.4 Å². The normalized spacial score (nSPS) is 10.8. The van der Waals surface area contributed by atoms with E-state index in [1.807, 2.05) is 14.0 Å². The molecule has 84 valence electrons. The molecule has 0 aliphatic carbocycles. The van der Waals surface area contributed by atoms with Crippen molar-refractivity contribution in [1.29, 1.82) is 0 Å². The van der Waals surface area contributed by atoms with E-state index in [4.69, 9.17) is 11.6 Å². The smallest absolute Gasteiger partial charge is 0.132 e. The summed E-state index contributed by atoms with van der Waals surface area (Å²) >= 11 is 6.03. The fourth-order valence-corrected chi connectivity index (χ4v) is 2.02. The van der Waals surface area contributed by atoms with Crippen LogP contribution in [0.5, 0.6) is 0 Å². The van der Waals surface area contributed by atoms with Crippen molar-refractivity contribution in [2.45, 2.75) is 13.3 Å². The number of rotatable bonds is 2. The first-order valence-corrected chi connectivity index (χ1v) is 5.48. The topological polar surface area (TPSA) is 17.8 Å². The molecular weight excluding hydrogens is 227 g/mol. The maximum absolute atomic E-state index is 13.7. The number of benzene rings is 1. The SMILES string of the molecule is CCc1nn(C)cc1-c1c(F)cccc1Cl. The molecule has 0 saturated carbocycles. The first-order valence-electron chi connectivity index (χ1n) is 5.10. The summed E-state index contributed by atoms with van der Waals surface area (Å²) in [7, 11) is 1.82. The van der Waals surface area contributed by atoms with Crippen LogP contribution in [0.4, 0.5) is 4.39 Å². The number of hydrogen-bond donors (Lipinski definition) is 0. The minimum Gasteiger partial charge on any atom is -0.275 e. The van der Waals surface area contributed by atoms with Crippen LogP contribution < -0.4 is 0 Å². The fourth-order valence-electron chi connectivity index (χ4n) is 1.76. The zero-order chi connectivity index (χ0) is 11.7. The van der Waals surface area contributed by atoms with Crippen LogP contribution in [0.1, 0.15) is 12.6 Å². The average molecular weight is 239 g/mol. The third-order valence-electron chi connectivity index (χ3n) is 2.47. The van der Waals surface area contributed by atoms with Crippen molar-refractivity contribution in [3.8, 4) is 11.1 Å². The van der Waals surface area contributed by atoms with Crippen molar-refractivity contribution in [1.82, 2.24) is 9.78 Å². The Morgan fingerprint density at radius 1 is 1.44 bits per heavy atom. The van der Waals surface area contributed by atoms with E-state index in [0.717, 1.165) is 17.7 Å². The van der Waals surface area contributed by atoms with Crippen LogP contribution in [-0.2, 0) is 13.5 Å². The van der Waals surface area contributed by atoms with Gasteiger partial charge in [0, 0.05) is 24.4 Å². The van der Waals surface area contributed by atoms with Gasteiger partial charge in [0.1, 0.15) is 5.82 Å². The molecule has 0 atom stereocenters. The van der Waals surface area contributed by atoms with Gasteiger partial charge in [0.2, 0.25) is 0 Å². The van der Waals surface area contributed by atoms with Crippen molar-refractivity contribution >= 4 is 11.6 Å². The Morgan fingerprint density at radius 2 is 2.19 bits per heavy atom. The summed E-state index contributed by atoms with van der Waals surface area (Å²) in [6.45, 7) is 1.99. The second-order valence-electron chi connectivity index (χ2n) is 3.61. The standard InChI is InChI=1S/C12H12ClFN2/c1-3-11-8(7-16(2)15-11)12-9(13)5-4-6-10(12)14/h4-7H,3H2,1-2H3. The highest BCUT2D eigenvalue weighted by Crippen LogP contribution is 2.32.